The molecule has 2 N–H and O–H groups in total. The molecular formula is C18H14N2O. The summed E-state index contributed by atoms with van der Waals surface area (Å²) in [6.45, 7) is 0. The Morgan fingerprint density at radius 3 is 2.57 bits per heavy atom. The smallest absolute Gasteiger partial charge is 0.115 e. The molecule has 0 bridgehead atoms. The van der Waals surface area contributed by atoms with Crippen molar-refractivity contribution in [2.24, 2.45) is 0 Å². The molecule has 3 nitrogen and oxygen atoms in total. The van der Waals surface area contributed by atoms with Crippen LogP contribution in [0.3, 0.4) is 0 Å². The minimum atomic E-state index is 0.287. The zero-order valence-corrected chi connectivity index (χ0v) is 11.4. The van der Waals surface area contributed by atoms with Crippen LogP contribution < -0.4 is 0 Å². The maximum absolute atomic E-state index is 9.38. The third-order valence-electron chi connectivity index (χ3n) is 3.79. The highest BCUT2D eigenvalue weighted by molar-refractivity contribution is 6.05. The number of aromatic hydroxyl groups is 1. The van der Waals surface area contributed by atoms with Crippen LogP contribution in [0.2, 0.25) is 0 Å². The van der Waals surface area contributed by atoms with E-state index in [2.05, 4.69) is 17.1 Å². The number of H-pyrrole nitrogens is 1. The molecule has 2 aromatic heterocycles. The molecule has 0 spiro atoms. The molecule has 0 atom stereocenters. The first kappa shape index (κ1) is 12.0. The van der Waals surface area contributed by atoms with E-state index in [0.717, 1.165) is 28.7 Å². The van der Waals surface area contributed by atoms with Crippen molar-refractivity contribution in [3.63, 3.8) is 0 Å². The molecule has 0 saturated heterocycles. The predicted molar refractivity (Wildman–Crippen MR) is 84.5 cm³/mol. The van der Waals surface area contributed by atoms with Crippen molar-refractivity contribution in [1.29, 1.82) is 0 Å². The van der Waals surface area contributed by atoms with Gasteiger partial charge in [0.1, 0.15) is 5.75 Å². The maximum Gasteiger partial charge on any atom is 0.115 e. The Bertz CT molecular complexity index is 923. The van der Waals surface area contributed by atoms with Gasteiger partial charge in [-0.2, -0.15) is 0 Å². The third-order valence-corrected chi connectivity index (χ3v) is 3.79. The number of nitrogens with zero attached hydrogens (tertiary/aromatic N) is 1. The molecule has 102 valence electrons. The fourth-order valence-corrected chi connectivity index (χ4v) is 2.77. The average molecular weight is 274 g/mol. The Morgan fingerprint density at radius 2 is 1.71 bits per heavy atom. The number of fused-ring (bicyclic) bond motifs is 3. The zero-order chi connectivity index (χ0) is 14.2. The predicted octanol–water partition coefficient (Wildman–Crippen LogP) is 4.01. The lowest BCUT2D eigenvalue weighted by molar-refractivity contribution is 0.475. The molecule has 0 unspecified atom stereocenters. The number of nitrogens with one attached hydrogen (secondary N) is 1. The van der Waals surface area contributed by atoms with Crippen molar-refractivity contribution in [3.8, 4) is 5.75 Å². The van der Waals surface area contributed by atoms with Gasteiger partial charge in [0.2, 0.25) is 0 Å². The first-order valence-electron chi connectivity index (χ1n) is 6.94. The topological polar surface area (TPSA) is 48.9 Å². The molecule has 0 radical (unpaired) electrons. The van der Waals surface area contributed by atoms with Gasteiger partial charge in [0.05, 0.1) is 16.7 Å². The lowest BCUT2D eigenvalue weighted by Crippen LogP contribution is -1.95. The van der Waals surface area contributed by atoms with Gasteiger partial charge in [-0.25, -0.2) is 0 Å². The Morgan fingerprint density at radius 1 is 0.905 bits per heavy atom. The summed E-state index contributed by atoms with van der Waals surface area (Å²) in [5.41, 5.74) is 4.26. The van der Waals surface area contributed by atoms with Crippen molar-refractivity contribution in [2.45, 2.75) is 6.42 Å². The standard InChI is InChI=1S/C18H14N2O/c21-13-7-5-12(6-8-13)11-17-18-15(9-10-19-18)14-3-1-2-4-16(14)20-17/h1-10,19,21H,11H2. The number of phenolic OH excluding ortho intramolecular Hbond substituents is 1. The lowest BCUT2D eigenvalue weighted by atomic mass is 10.0. The Kier molecular flexibility index (Phi) is 2.64. The number of pyridine rings is 1. The molecule has 21 heavy (non-hydrogen) atoms. The SMILES string of the molecule is Oc1ccc(Cc2nc3ccccc3c3cc[nH]c23)cc1. The van der Waals surface area contributed by atoms with Gasteiger partial charge in [-0.05, 0) is 29.8 Å². The fourth-order valence-electron chi connectivity index (χ4n) is 2.77. The zero-order valence-electron chi connectivity index (χ0n) is 11.4. The highest BCUT2D eigenvalue weighted by atomic mass is 16.3. The highest BCUT2D eigenvalue weighted by Crippen LogP contribution is 2.27. The number of aromatic amines is 1. The first-order valence-corrected chi connectivity index (χ1v) is 6.94. The van der Waals surface area contributed by atoms with Crippen LogP contribution in [0.15, 0.2) is 60.8 Å². The van der Waals surface area contributed by atoms with E-state index >= 15 is 0 Å². The molecule has 0 saturated carbocycles. The molecule has 0 aliphatic rings. The molecule has 4 rings (SSSR count). The molecular weight excluding hydrogens is 260 g/mol. The van der Waals surface area contributed by atoms with Gasteiger partial charge in [-0.15, -0.1) is 0 Å². The van der Waals surface area contributed by atoms with Crippen molar-refractivity contribution < 1.29 is 5.11 Å². The van der Waals surface area contributed by atoms with Gasteiger partial charge in [0.25, 0.3) is 0 Å². The summed E-state index contributed by atoms with van der Waals surface area (Å²) in [5.74, 6) is 0.287. The second kappa shape index (κ2) is 4.63. The van der Waals surface area contributed by atoms with Gasteiger partial charge in [-0.3, -0.25) is 4.98 Å². The van der Waals surface area contributed by atoms with E-state index in [1.54, 1.807) is 12.1 Å². The van der Waals surface area contributed by atoms with Crippen molar-refractivity contribution in [3.05, 3.63) is 72.1 Å². The van der Waals surface area contributed by atoms with Crippen LogP contribution in [0.5, 0.6) is 5.75 Å². The van der Waals surface area contributed by atoms with Gasteiger partial charge in [0.15, 0.2) is 0 Å². The van der Waals surface area contributed by atoms with Crippen LogP contribution in [0.4, 0.5) is 0 Å². The van der Waals surface area contributed by atoms with E-state index in [1.807, 2.05) is 36.5 Å². The number of hydrogen-bond acceptors (Lipinski definition) is 2. The van der Waals surface area contributed by atoms with Crippen LogP contribution >= 0.6 is 0 Å². The molecule has 0 fully saturated rings. The van der Waals surface area contributed by atoms with E-state index in [0.29, 0.717) is 0 Å². The molecule has 0 aliphatic carbocycles. The average Bonchev–Trinajstić information content (AvgIpc) is 3.00. The molecule has 0 aliphatic heterocycles. The summed E-state index contributed by atoms with van der Waals surface area (Å²) < 4.78 is 0. The van der Waals surface area contributed by atoms with E-state index in [-0.39, 0.29) is 5.75 Å². The maximum atomic E-state index is 9.38. The summed E-state index contributed by atoms with van der Waals surface area (Å²) in [6.07, 6.45) is 2.70. The summed E-state index contributed by atoms with van der Waals surface area (Å²) in [7, 11) is 0. The van der Waals surface area contributed by atoms with Crippen LogP contribution in [0.25, 0.3) is 21.8 Å². The van der Waals surface area contributed by atoms with Gasteiger partial charge in [-0.1, -0.05) is 30.3 Å². The van der Waals surface area contributed by atoms with E-state index in [1.165, 1.54) is 10.8 Å². The molecule has 2 heterocycles. The highest BCUT2D eigenvalue weighted by Gasteiger charge is 2.09. The second-order valence-corrected chi connectivity index (χ2v) is 5.19. The van der Waals surface area contributed by atoms with E-state index in [4.69, 9.17) is 4.98 Å². The number of para-hydroxylation sites is 1. The largest absolute Gasteiger partial charge is 0.508 e. The van der Waals surface area contributed by atoms with Crippen LogP contribution in [0, 0.1) is 0 Å². The van der Waals surface area contributed by atoms with Crippen molar-refractivity contribution >= 4 is 21.8 Å². The van der Waals surface area contributed by atoms with Crippen molar-refractivity contribution in [2.75, 3.05) is 0 Å². The van der Waals surface area contributed by atoms with Crippen LogP contribution in [-0.4, -0.2) is 15.1 Å². The van der Waals surface area contributed by atoms with Gasteiger partial charge >= 0.3 is 0 Å². The summed E-state index contributed by atoms with van der Waals surface area (Å²) in [4.78, 5) is 8.10. The van der Waals surface area contributed by atoms with E-state index in [9.17, 15) is 5.11 Å². The number of aromatic nitrogens is 2. The van der Waals surface area contributed by atoms with Crippen LogP contribution in [-0.2, 0) is 6.42 Å². The monoisotopic (exact) mass is 274 g/mol. The fraction of sp³-hybridized carbons (Fsp3) is 0.0556. The molecule has 0 amide bonds. The molecule has 3 heteroatoms. The van der Waals surface area contributed by atoms with Gasteiger partial charge in [0, 0.05) is 23.4 Å². The quantitative estimate of drug-likeness (QED) is 0.580. The lowest BCUT2D eigenvalue weighted by Gasteiger charge is -2.07. The molecule has 2 aromatic carbocycles. The summed E-state index contributed by atoms with van der Waals surface area (Å²) >= 11 is 0. The van der Waals surface area contributed by atoms with Crippen LogP contribution in [0.1, 0.15) is 11.3 Å². The number of rotatable bonds is 2. The Labute approximate surface area is 121 Å². The van der Waals surface area contributed by atoms with Crippen molar-refractivity contribution in [1.82, 2.24) is 9.97 Å². The number of hydrogen-bond donors (Lipinski definition) is 2. The summed E-state index contributed by atoms with van der Waals surface area (Å²) in [6, 6.07) is 17.6. The first-order chi connectivity index (χ1) is 10.3. The molecule has 4 aromatic rings. The minimum Gasteiger partial charge on any atom is -0.508 e. The third kappa shape index (κ3) is 2.03. The van der Waals surface area contributed by atoms with Gasteiger partial charge < -0.3 is 10.1 Å². The minimum absolute atomic E-state index is 0.287. The summed E-state index contributed by atoms with van der Waals surface area (Å²) in [5, 5.41) is 11.8. The number of phenols is 1. The Balaban J connectivity index is 1.90. The number of benzene rings is 2. The Hall–Kier alpha value is -2.81. The normalized spacial score (nSPS) is 11.2. The second-order valence-electron chi connectivity index (χ2n) is 5.19. The van der Waals surface area contributed by atoms with E-state index < -0.39 is 0 Å².